The van der Waals surface area contributed by atoms with E-state index in [-0.39, 0.29) is 5.82 Å². The number of aromatic nitrogens is 5. The Morgan fingerprint density at radius 3 is 2.72 bits per heavy atom. The van der Waals surface area contributed by atoms with Crippen molar-refractivity contribution in [1.82, 2.24) is 24.8 Å². The minimum absolute atomic E-state index is 0.313. The molecule has 1 aliphatic carbocycles. The molecule has 0 saturated heterocycles. The Morgan fingerprint density at radius 1 is 1.10 bits per heavy atom. The molecule has 1 aliphatic rings. The first kappa shape index (κ1) is 18.3. The van der Waals surface area contributed by atoms with E-state index in [1.807, 2.05) is 0 Å². The van der Waals surface area contributed by atoms with Crippen LogP contribution >= 0.6 is 23.1 Å². The zero-order chi connectivity index (χ0) is 20.0. The lowest BCUT2D eigenvalue weighted by atomic mass is 9.97. The van der Waals surface area contributed by atoms with Gasteiger partial charge in [0.15, 0.2) is 5.82 Å². The number of nitrogens with zero attached hydrogens (tertiary/aromatic N) is 5. The molecule has 3 aromatic heterocycles. The molecule has 0 amide bonds. The van der Waals surface area contributed by atoms with Gasteiger partial charge in [0.2, 0.25) is 5.16 Å². The predicted molar refractivity (Wildman–Crippen MR) is 114 cm³/mol. The second-order valence-corrected chi connectivity index (χ2v) is 8.91. The number of rotatable bonds is 4. The van der Waals surface area contributed by atoms with Crippen LogP contribution in [0.4, 0.5) is 10.2 Å². The lowest BCUT2D eigenvalue weighted by Gasteiger charge is -2.10. The maximum atomic E-state index is 13.1. The van der Waals surface area contributed by atoms with Crippen molar-refractivity contribution in [2.24, 2.45) is 0 Å². The molecule has 0 atom stereocenters. The van der Waals surface area contributed by atoms with Crippen molar-refractivity contribution in [2.75, 3.05) is 11.6 Å². The monoisotopic (exact) mass is 427 g/mol. The summed E-state index contributed by atoms with van der Waals surface area (Å²) in [6.45, 7) is 0. The third-order valence-corrected chi connectivity index (χ3v) is 7.11. The third kappa shape index (κ3) is 3.32. The van der Waals surface area contributed by atoms with E-state index in [1.165, 1.54) is 51.9 Å². The number of nitrogen functional groups attached to an aromatic ring is 2. The van der Waals surface area contributed by atoms with Crippen LogP contribution < -0.4 is 11.6 Å². The summed E-state index contributed by atoms with van der Waals surface area (Å²) in [5.74, 6) is 7.96. The molecular formula is C19H18FN7S2. The Bertz CT molecular complexity index is 1200. The molecule has 29 heavy (non-hydrogen) atoms. The second-order valence-electron chi connectivity index (χ2n) is 6.89. The molecule has 148 valence electrons. The van der Waals surface area contributed by atoms with E-state index < -0.39 is 0 Å². The molecule has 0 unspecified atom stereocenters. The minimum Gasteiger partial charge on any atom is -0.383 e. The van der Waals surface area contributed by atoms with Crippen LogP contribution in [0.25, 0.3) is 21.6 Å². The largest absolute Gasteiger partial charge is 0.383 e. The quantitative estimate of drug-likeness (QED) is 0.379. The first-order valence-electron chi connectivity index (χ1n) is 9.26. The summed E-state index contributed by atoms with van der Waals surface area (Å²) in [6.07, 6.45) is 4.57. The van der Waals surface area contributed by atoms with Gasteiger partial charge in [0, 0.05) is 10.4 Å². The average molecular weight is 428 g/mol. The number of aryl methyl sites for hydroxylation is 2. The van der Waals surface area contributed by atoms with Gasteiger partial charge in [0.05, 0.1) is 11.1 Å². The van der Waals surface area contributed by atoms with E-state index >= 15 is 0 Å². The van der Waals surface area contributed by atoms with Gasteiger partial charge in [0.1, 0.15) is 22.3 Å². The van der Waals surface area contributed by atoms with Crippen molar-refractivity contribution in [3.05, 3.63) is 46.3 Å². The topological polar surface area (TPSA) is 109 Å². The summed E-state index contributed by atoms with van der Waals surface area (Å²) in [6, 6.07) is 5.97. The Morgan fingerprint density at radius 2 is 1.90 bits per heavy atom. The number of hydrogen-bond acceptors (Lipinski definition) is 8. The Hall–Kier alpha value is -2.72. The van der Waals surface area contributed by atoms with Crippen LogP contribution in [0.2, 0.25) is 0 Å². The van der Waals surface area contributed by atoms with Gasteiger partial charge in [-0.05, 0) is 55.5 Å². The van der Waals surface area contributed by atoms with Gasteiger partial charge in [0.25, 0.3) is 0 Å². The summed E-state index contributed by atoms with van der Waals surface area (Å²) in [5.41, 5.74) is 8.30. The molecule has 0 saturated carbocycles. The maximum absolute atomic E-state index is 13.1. The molecule has 3 heterocycles. The van der Waals surface area contributed by atoms with Gasteiger partial charge in [-0.2, -0.15) is 0 Å². The van der Waals surface area contributed by atoms with Crippen molar-refractivity contribution in [2.45, 2.75) is 36.6 Å². The van der Waals surface area contributed by atoms with Crippen LogP contribution in [-0.2, 0) is 18.6 Å². The van der Waals surface area contributed by atoms with Crippen molar-refractivity contribution < 1.29 is 4.39 Å². The van der Waals surface area contributed by atoms with Crippen LogP contribution in [0.15, 0.2) is 29.4 Å². The molecule has 0 spiro atoms. The van der Waals surface area contributed by atoms with Crippen LogP contribution in [0.5, 0.6) is 0 Å². The van der Waals surface area contributed by atoms with Gasteiger partial charge in [-0.15, -0.1) is 21.5 Å². The molecule has 4 aromatic rings. The highest BCUT2D eigenvalue weighted by Gasteiger charge is 2.20. The summed E-state index contributed by atoms with van der Waals surface area (Å²) < 4.78 is 14.5. The summed E-state index contributed by atoms with van der Waals surface area (Å²) >= 11 is 3.11. The molecule has 1 aromatic carbocycles. The Labute approximate surface area is 174 Å². The summed E-state index contributed by atoms with van der Waals surface area (Å²) in [7, 11) is 0. The van der Waals surface area contributed by atoms with E-state index in [4.69, 9.17) is 16.6 Å². The van der Waals surface area contributed by atoms with Gasteiger partial charge in [-0.25, -0.2) is 19.0 Å². The number of halogens is 1. The smallest absolute Gasteiger partial charge is 0.210 e. The van der Waals surface area contributed by atoms with E-state index in [0.717, 1.165) is 23.1 Å². The van der Waals surface area contributed by atoms with Crippen molar-refractivity contribution in [3.63, 3.8) is 0 Å². The van der Waals surface area contributed by atoms with E-state index in [0.29, 0.717) is 33.9 Å². The number of hydrogen-bond donors (Lipinski definition) is 2. The van der Waals surface area contributed by atoms with Gasteiger partial charge in [-0.3, -0.25) is 0 Å². The highest BCUT2D eigenvalue weighted by molar-refractivity contribution is 7.98. The Balaban J connectivity index is 1.39. The van der Waals surface area contributed by atoms with Crippen LogP contribution in [0.3, 0.4) is 0 Å². The fourth-order valence-electron chi connectivity index (χ4n) is 3.60. The van der Waals surface area contributed by atoms with Gasteiger partial charge < -0.3 is 11.6 Å². The van der Waals surface area contributed by atoms with Crippen LogP contribution in [0, 0.1) is 5.82 Å². The van der Waals surface area contributed by atoms with Crippen LogP contribution in [-0.4, -0.2) is 24.8 Å². The third-order valence-electron chi connectivity index (χ3n) is 4.99. The fraction of sp³-hybridized carbons (Fsp3) is 0.263. The summed E-state index contributed by atoms with van der Waals surface area (Å²) in [5, 5.41) is 9.81. The molecule has 7 nitrogen and oxygen atoms in total. The first-order chi connectivity index (χ1) is 14.1. The van der Waals surface area contributed by atoms with E-state index in [1.54, 1.807) is 23.5 Å². The lowest BCUT2D eigenvalue weighted by Crippen LogP contribution is -2.11. The summed E-state index contributed by atoms with van der Waals surface area (Å²) in [4.78, 5) is 11.6. The number of anilines is 1. The van der Waals surface area contributed by atoms with Crippen LogP contribution in [0.1, 0.15) is 29.1 Å². The highest BCUT2D eigenvalue weighted by Crippen LogP contribution is 2.38. The SMILES string of the molecule is Nc1nc(CSc2nnc(-c3ccc(F)cc3)n2N)nc2sc3c(c12)CCCC3. The second kappa shape index (κ2) is 7.27. The molecule has 0 fully saturated rings. The molecule has 10 heteroatoms. The molecule has 0 aliphatic heterocycles. The molecule has 4 N–H and O–H groups in total. The highest BCUT2D eigenvalue weighted by atomic mass is 32.2. The number of thioether (sulfide) groups is 1. The maximum Gasteiger partial charge on any atom is 0.210 e. The molecule has 0 bridgehead atoms. The average Bonchev–Trinajstić information content (AvgIpc) is 3.27. The number of benzene rings is 1. The number of nitrogens with two attached hydrogens (primary N) is 2. The number of thiophene rings is 1. The minimum atomic E-state index is -0.313. The van der Waals surface area contributed by atoms with Gasteiger partial charge in [-0.1, -0.05) is 11.8 Å². The predicted octanol–water partition coefficient (Wildman–Crippen LogP) is 3.56. The van der Waals surface area contributed by atoms with Crippen molar-refractivity contribution in [3.8, 4) is 11.4 Å². The van der Waals surface area contributed by atoms with Crippen molar-refractivity contribution in [1.29, 1.82) is 0 Å². The molecular weight excluding hydrogens is 409 g/mol. The zero-order valence-corrected chi connectivity index (χ0v) is 17.1. The molecule has 0 radical (unpaired) electrons. The van der Waals surface area contributed by atoms with Gasteiger partial charge >= 0.3 is 0 Å². The van der Waals surface area contributed by atoms with E-state index in [2.05, 4.69) is 15.2 Å². The first-order valence-corrected chi connectivity index (χ1v) is 11.1. The van der Waals surface area contributed by atoms with Crippen molar-refractivity contribution >= 4 is 39.1 Å². The lowest BCUT2D eigenvalue weighted by molar-refractivity contribution is 0.628. The molecule has 5 rings (SSSR count). The Kier molecular flexibility index (Phi) is 4.59. The number of fused-ring (bicyclic) bond motifs is 3. The standard InChI is InChI=1S/C19H18FN7S2/c20-11-7-5-10(6-8-11)17-25-26-19(27(17)22)28-9-14-23-16(21)15-12-3-1-2-4-13(12)29-18(15)24-14/h5-8H,1-4,9,22H2,(H2,21,23,24). The fourth-order valence-corrected chi connectivity index (χ4v) is 5.60. The normalized spacial score (nSPS) is 13.7. The van der Waals surface area contributed by atoms with E-state index in [9.17, 15) is 4.39 Å². The zero-order valence-electron chi connectivity index (χ0n) is 15.4.